The first-order valence-corrected chi connectivity index (χ1v) is 21.6. The van der Waals surface area contributed by atoms with Crippen LogP contribution in [-0.2, 0) is 41.5 Å². The number of esters is 3. The van der Waals surface area contributed by atoms with Crippen LogP contribution in [-0.4, -0.2) is 55.7 Å². The fourth-order valence-electron chi connectivity index (χ4n) is 11.2. The Kier molecular flexibility index (Phi) is 12.1. The minimum Gasteiger partial charge on any atom is -0.481 e. The first-order valence-electron chi connectivity index (χ1n) is 21.6. The summed E-state index contributed by atoms with van der Waals surface area (Å²) in [5.74, 6) is -0.0298. The Morgan fingerprint density at radius 2 is 1.39 bits per heavy atom. The standard InChI is InChI=1S/C46H67N3O8/c1-10-44(7,41(54)57-42(2,3)4)27-45(8,38(50)51)28-46(9,26-43(5,6)39(52)56-37-25-29-24-34(37)33-17-15-16-32(29)33)40(53)55-31-22-20-30(21-23-31)49-36-19-14-12-11-13-18-35(36)47-48-49/h20-23,29,32-34,37H,10-19,24-28H2,1-9H3,(H,50,51). The molecular weight excluding hydrogens is 723 g/mol. The molecular formula is C46H67N3O8. The van der Waals surface area contributed by atoms with Gasteiger partial charge < -0.3 is 19.3 Å². The molecule has 1 N–H and O–H groups in total. The maximum absolute atomic E-state index is 14.7. The van der Waals surface area contributed by atoms with Crippen molar-refractivity contribution >= 4 is 23.9 Å². The number of aromatic nitrogens is 3. The van der Waals surface area contributed by atoms with E-state index in [0.717, 1.165) is 61.5 Å². The van der Waals surface area contributed by atoms with Crippen LogP contribution in [0, 0.1) is 45.3 Å². The van der Waals surface area contributed by atoms with Gasteiger partial charge in [-0.25, -0.2) is 4.68 Å². The minimum atomic E-state index is -1.58. The van der Waals surface area contributed by atoms with Crippen LogP contribution in [0.2, 0.25) is 0 Å². The van der Waals surface area contributed by atoms with Gasteiger partial charge in [0.25, 0.3) is 0 Å². The van der Waals surface area contributed by atoms with E-state index < -0.39 is 45.2 Å². The molecule has 6 rings (SSSR count). The predicted octanol–water partition coefficient (Wildman–Crippen LogP) is 9.25. The number of carboxylic acids is 1. The normalized spacial score (nSPS) is 26.4. The summed E-state index contributed by atoms with van der Waals surface area (Å²) in [5, 5.41) is 19.8. The largest absolute Gasteiger partial charge is 0.481 e. The van der Waals surface area contributed by atoms with Gasteiger partial charge in [0.05, 0.1) is 38.7 Å². The molecule has 1 heterocycles. The van der Waals surface area contributed by atoms with E-state index in [1.807, 2.05) is 23.7 Å². The molecule has 1 aromatic heterocycles. The summed E-state index contributed by atoms with van der Waals surface area (Å²) >= 11 is 0. The van der Waals surface area contributed by atoms with E-state index in [0.29, 0.717) is 24.2 Å². The molecule has 8 atom stereocenters. The number of ether oxygens (including phenoxy) is 3. The number of nitrogens with zero attached hydrogens (tertiary/aromatic N) is 3. The van der Waals surface area contributed by atoms with Gasteiger partial charge in [-0.2, -0.15) is 0 Å². The van der Waals surface area contributed by atoms with E-state index >= 15 is 0 Å². The molecule has 0 saturated heterocycles. The Hall–Kier alpha value is -3.76. The predicted molar refractivity (Wildman–Crippen MR) is 216 cm³/mol. The highest BCUT2D eigenvalue weighted by Gasteiger charge is 2.57. The molecule has 11 heteroatoms. The number of benzene rings is 1. The maximum atomic E-state index is 14.7. The van der Waals surface area contributed by atoms with Crippen molar-refractivity contribution in [2.24, 2.45) is 45.3 Å². The number of fused-ring (bicyclic) bond motifs is 6. The number of carbonyl (C=O) groups excluding carboxylic acids is 3. The zero-order chi connectivity index (χ0) is 41.6. The van der Waals surface area contributed by atoms with Crippen molar-refractivity contribution in [3.63, 3.8) is 0 Å². The summed E-state index contributed by atoms with van der Waals surface area (Å²) in [6, 6.07) is 7.10. The molecule has 0 spiro atoms. The third-order valence-electron chi connectivity index (χ3n) is 14.0. The van der Waals surface area contributed by atoms with Crippen molar-refractivity contribution in [3.05, 3.63) is 35.7 Å². The van der Waals surface area contributed by atoms with Crippen LogP contribution in [0.15, 0.2) is 24.3 Å². The van der Waals surface area contributed by atoms with Gasteiger partial charge in [0.2, 0.25) is 0 Å². The van der Waals surface area contributed by atoms with E-state index in [1.54, 1.807) is 67.5 Å². The molecule has 3 saturated carbocycles. The Balaban J connectivity index is 1.26. The lowest BCUT2D eigenvalue weighted by Crippen LogP contribution is -2.48. The van der Waals surface area contributed by atoms with E-state index in [9.17, 15) is 24.3 Å². The third kappa shape index (κ3) is 9.12. The van der Waals surface area contributed by atoms with Crippen molar-refractivity contribution in [3.8, 4) is 11.4 Å². The smallest absolute Gasteiger partial charge is 0.317 e. The van der Waals surface area contributed by atoms with Crippen LogP contribution in [0.4, 0.5) is 0 Å². The average molecular weight is 790 g/mol. The zero-order valence-electron chi connectivity index (χ0n) is 35.9. The van der Waals surface area contributed by atoms with E-state index in [2.05, 4.69) is 10.3 Å². The molecule has 0 radical (unpaired) electrons. The van der Waals surface area contributed by atoms with Crippen molar-refractivity contribution < 1.29 is 38.5 Å². The summed E-state index contributed by atoms with van der Waals surface area (Å²) in [4.78, 5) is 55.8. The molecule has 4 aliphatic rings. The van der Waals surface area contributed by atoms with Crippen LogP contribution in [0.3, 0.4) is 0 Å². The fourth-order valence-corrected chi connectivity index (χ4v) is 11.2. The number of carbonyl (C=O) groups is 4. The lowest BCUT2D eigenvalue weighted by Gasteiger charge is -2.42. The SMILES string of the molecule is CCC(C)(CC(C)(CC(C)(CC(C)(C)C(=O)OC1CC2CC1C1CCCC21)C(=O)Oc1ccc(-n2nnc3c2CCCCCC3)cc1)C(=O)O)C(=O)OC(C)(C)C. The van der Waals surface area contributed by atoms with Crippen molar-refractivity contribution in [2.75, 3.05) is 0 Å². The second kappa shape index (κ2) is 16.1. The fraction of sp³-hybridized carbons (Fsp3) is 0.739. The Labute approximate surface area is 339 Å². The van der Waals surface area contributed by atoms with Gasteiger partial charge >= 0.3 is 23.9 Å². The van der Waals surface area contributed by atoms with Gasteiger partial charge in [0, 0.05) is 0 Å². The topological polar surface area (TPSA) is 147 Å². The third-order valence-corrected chi connectivity index (χ3v) is 14.0. The molecule has 1 aromatic carbocycles. The highest BCUT2D eigenvalue weighted by atomic mass is 16.6. The first kappa shape index (κ1) is 42.8. The van der Waals surface area contributed by atoms with Crippen LogP contribution >= 0.6 is 0 Å². The molecule has 57 heavy (non-hydrogen) atoms. The van der Waals surface area contributed by atoms with Gasteiger partial charge in [-0.1, -0.05) is 31.4 Å². The maximum Gasteiger partial charge on any atom is 0.317 e. The first-order chi connectivity index (χ1) is 26.7. The Bertz CT molecular complexity index is 1810. The lowest BCUT2D eigenvalue weighted by atomic mass is 9.61. The van der Waals surface area contributed by atoms with Crippen LogP contribution < -0.4 is 4.74 Å². The Morgan fingerprint density at radius 1 is 0.737 bits per heavy atom. The monoisotopic (exact) mass is 789 g/mol. The number of aliphatic carboxylic acids is 1. The summed E-state index contributed by atoms with van der Waals surface area (Å²) in [7, 11) is 0. The van der Waals surface area contributed by atoms with E-state index in [1.165, 1.54) is 32.1 Å². The molecule has 4 aliphatic carbocycles. The molecule has 11 nitrogen and oxygen atoms in total. The highest BCUT2D eigenvalue weighted by molar-refractivity contribution is 5.84. The zero-order valence-corrected chi connectivity index (χ0v) is 35.9. The Morgan fingerprint density at radius 3 is 2.04 bits per heavy atom. The summed E-state index contributed by atoms with van der Waals surface area (Å²) < 4.78 is 20.1. The van der Waals surface area contributed by atoms with E-state index in [4.69, 9.17) is 14.2 Å². The number of rotatable bonds is 14. The van der Waals surface area contributed by atoms with Gasteiger partial charge in [0.15, 0.2) is 0 Å². The number of aryl methyl sites for hydroxylation is 1. The van der Waals surface area contributed by atoms with Gasteiger partial charge in [-0.3, -0.25) is 19.2 Å². The van der Waals surface area contributed by atoms with Crippen LogP contribution in [0.1, 0.15) is 157 Å². The molecule has 314 valence electrons. The summed E-state index contributed by atoms with van der Waals surface area (Å²) in [6.07, 6.45) is 11.9. The molecule has 8 unspecified atom stereocenters. The molecule has 2 bridgehead atoms. The number of hydrogen-bond acceptors (Lipinski definition) is 9. The van der Waals surface area contributed by atoms with Crippen molar-refractivity contribution in [2.45, 2.75) is 170 Å². The van der Waals surface area contributed by atoms with Gasteiger partial charge in [0.1, 0.15) is 17.5 Å². The quantitative estimate of drug-likeness (QED) is 0.145. The van der Waals surface area contributed by atoms with Crippen LogP contribution in [0.25, 0.3) is 5.69 Å². The van der Waals surface area contributed by atoms with Gasteiger partial charge in [-0.05, 0) is 180 Å². The number of carboxylic acid groups (broad SMARTS) is 1. The second-order valence-corrected chi connectivity index (χ2v) is 20.5. The van der Waals surface area contributed by atoms with Crippen molar-refractivity contribution in [1.82, 2.24) is 15.0 Å². The molecule has 2 aromatic rings. The summed E-state index contributed by atoms with van der Waals surface area (Å²) in [6.45, 7) is 15.7. The van der Waals surface area contributed by atoms with E-state index in [-0.39, 0.29) is 37.1 Å². The average Bonchev–Trinajstić information content (AvgIpc) is 3.91. The minimum absolute atomic E-state index is 0.0220. The number of hydrogen-bond donors (Lipinski definition) is 1. The summed E-state index contributed by atoms with van der Waals surface area (Å²) in [5.41, 5.74) is -3.21. The molecule has 3 fully saturated rings. The molecule has 0 aliphatic heterocycles. The van der Waals surface area contributed by atoms with Gasteiger partial charge in [-0.15, -0.1) is 5.10 Å². The lowest BCUT2D eigenvalue weighted by molar-refractivity contribution is -0.173. The highest BCUT2D eigenvalue weighted by Crippen LogP contribution is 2.60. The van der Waals surface area contributed by atoms with Crippen molar-refractivity contribution in [1.29, 1.82) is 0 Å². The van der Waals surface area contributed by atoms with Crippen LogP contribution in [0.5, 0.6) is 5.75 Å². The second-order valence-electron chi connectivity index (χ2n) is 20.5. The molecule has 0 amide bonds.